The fraction of sp³-hybridized carbons (Fsp3) is 0.800. The molecule has 1 aliphatic rings. The molecule has 2 nitrogen and oxygen atoms in total. The van der Waals surface area contributed by atoms with Gasteiger partial charge in [-0.3, -0.25) is 9.59 Å². The average Bonchev–Trinajstić information content (AvgIpc) is 2.16. The van der Waals surface area contributed by atoms with E-state index >= 15 is 0 Å². The average molecular weight is 232 g/mol. The van der Waals surface area contributed by atoms with Crippen LogP contribution in [0.1, 0.15) is 44.9 Å². The molecular weight excluding hydrogens is 214 g/mol. The summed E-state index contributed by atoms with van der Waals surface area (Å²) in [6, 6.07) is 0. The Kier molecular flexibility index (Phi) is 6.56. The van der Waals surface area contributed by atoms with Crippen LogP contribution in [0.4, 0.5) is 0 Å². The lowest BCUT2D eigenvalue weighted by Crippen LogP contribution is -1.99. The van der Waals surface area contributed by atoms with E-state index in [1.54, 1.807) is 0 Å². The number of carbonyl (C=O) groups excluding carboxylic acids is 2. The highest BCUT2D eigenvalue weighted by molar-refractivity contribution is 8.19. The zero-order chi connectivity index (χ0) is 10.2. The molecule has 1 fully saturated rings. The third-order valence-corrected chi connectivity index (χ3v) is 5.69. The SMILES string of the molecule is O=C1CCCCCCC(=O)PPCC1. The van der Waals surface area contributed by atoms with Crippen LogP contribution in [-0.2, 0) is 9.59 Å². The minimum absolute atomic E-state index is 0.398. The molecule has 1 heterocycles. The van der Waals surface area contributed by atoms with Gasteiger partial charge in [0.25, 0.3) is 0 Å². The molecule has 0 aliphatic carbocycles. The molecule has 0 N–H and O–H groups in total. The maximum Gasteiger partial charge on any atom is 0.155 e. The molecule has 14 heavy (non-hydrogen) atoms. The Morgan fingerprint density at radius 3 is 2.36 bits per heavy atom. The van der Waals surface area contributed by atoms with Gasteiger partial charge in [0.05, 0.1) is 0 Å². The molecule has 0 radical (unpaired) electrons. The number of Topliss-reactive ketones (excluding diaryl/α,β-unsaturated/α-hetero) is 1. The highest BCUT2D eigenvalue weighted by Crippen LogP contribution is 2.39. The quantitative estimate of drug-likeness (QED) is 0.601. The second-order valence-corrected chi connectivity index (χ2v) is 7.15. The van der Waals surface area contributed by atoms with Crippen molar-refractivity contribution in [2.75, 3.05) is 6.16 Å². The lowest BCUT2D eigenvalue weighted by atomic mass is 10.1. The summed E-state index contributed by atoms with van der Waals surface area (Å²) in [5.41, 5.74) is 0.427. The number of hydrogen-bond donors (Lipinski definition) is 0. The van der Waals surface area contributed by atoms with E-state index < -0.39 is 0 Å². The zero-order valence-electron chi connectivity index (χ0n) is 8.47. The first kappa shape index (κ1) is 12.3. The van der Waals surface area contributed by atoms with E-state index in [2.05, 4.69) is 0 Å². The summed E-state index contributed by atoms with van der Waals surface area (Å²) < 4.78 is 0. The van der Waals surface area contributed by atoms with Crippen molar-refractivity contribution in [2.45, 2.75) is 44.9 Å². The number of rotatable bonds is 0. The van der Waals surface area contributed by atoms with Crippen LogP contribution in [0.3, 0.4) is 0 Å². The van der Waals surface area contributed by atoms with E-state index in [0.29, 0.717) is 34.3 Å². The van der Waals surface area contributed by atoms with Gasteiger partial charge in [0.2, 0.25) is 0 Å². The van der Waals surface area contributed by atoms with Gasteiger partial charge < -0.3 is 0 Å². The Morgan fingerprint density at radius 1 is 0.857 bits per heavy atom. The maximum atomic E-state index is 11.3. The largest absolute Gasteiger partial charge is 0.300 e. The van der Waals surface area contributed by atoms with Crippen molar-refractivity contribution in [1.82, 2.24) is 0 Å². The monoisotopic (exact) mass is 232 g/mol. The molecule has 0 aromatic heterocycles. The van der Waals surface area contributed by atoms with Gasteiger partial charge in [-0.25, -0.2) is 0 Å². The van der Waals surface area contributed by atoms with Crippen molar-refractivity contribution >= 4 is 27.8 Å². The number of ketones is 1. The van der Waals surface area contributed by atoms with Crippen LogP contribution in [0.5, 0.6) is 0 Å². The molecule has 2 unspecified atom stereocenters. The lowest BCUT2D eigenvalue weighted by Gasteiger charge is -2.05. The van der Waals surface area contributed by atoms with Crippen molar-refractivity contribution in [1.29, 1.82) is 0 Å². The molecule has 4 heteroatoms. The summed E-state index contributed by atoms with van der Waals surface area (Å²) in [7, 11) is 1.18. The molecule has 0 spiro atoms. The van der Waals surface area contributed by atoms with Gasteiger partial charge >= 0.3 is 0 Å². The van der Waals surface area contributed by atoms with E-state index in [1.165, 1.54) is 0 Å². The van der Waals surface area contributed by atoms with E-state index in [-0.39, 0.29) is 0 Å². The van der Waals surface area contributed by atoms with Gasteiger partial charge in [0.15, 0.2) is 5.52 Å². The summed E-state index contributed by atoms with van der Waals surface area (Å²) in [5.74, 6) is 0.398. The van der Waals surface area contributed by atoms with Gasteiger partial charge in [-0.15, -0.1) is 0 Å². The van der Waals surface area contributed by atoms with Crippen molar-refractivity contribution in [3.8, 4) is 0 Å². The standard InChI is InChI=1S/C10H18O2P2/c11-9-5-3-1-2-4-6-10(12)14-13-8-7-9/h13-14H,1-8H2. The van der Waals surface area contributed by atoms with Crippen molar-refractivity contribution < 1.29 is 9.59 Å². The fourth-order valence-electron chi connectivity index (χ4n) is 1.51. The Balaban J connectivity index is 2.27. The van der Waals surface area contributed by atoms with Gasteiger partial charge in [-0.1, -0.05) is 21.1 Å². The van der Waals surface area contributed by atoms with Crippen LogP contribution >= 0.6 is 16.5 Å². The summed E-state index contributed by atoms with van der Waals surface area (Å²) >= 11 is 0. The van der Waals surface area contributed by atoms with Crippen LogP contribution in [0, 0.1) is 0 Å². The van der Waals surface area contributed by atoms with E-state index in [0.717, 1.165) is 44.7 Å². The molecule has 1 aliphatic heterocycles. The van der Waals surface area contributed by atoms with Gasteiger partial charge in [0.1, 0.15) is 5.78 Å². The minimum Gasteiger partial charge on any atom is -0.300 e. The molecule has 0 aromatic rings. The Morgan fingerprint density at radius 2 is 1.57 bits per heavy atom. The number of hydrogen-bond acceptors (Lipinski definition) is 2. The van der Waals surface area contributed by atoms with Crippen LogP contribution in [0.25, 0.3) is 0 Å². The summed E-state index contributed by atoms with van der Waals surface area (Å²) in [4.78, 5) is 22.6. The minimum atomic E-state index is 0.398. The second-order valence-electron chi connectivity index (χ2n) is 3.68. The third kappa shape index (κ3) is 5.83. The molecule has 2 atom stereocenters. The highest BCUT2D eigenvalue weighted by atomic mass is 32.0. The predicted molar refractivity (Wildman–Crippen MR) is 63.8 cm³/mol. The van der Waals surface area contributed by atoms with E-state index in [4.69, 9.17) is 0 Å². The maximum absolute atomic E-state index is 11.3. The summed E-state index contributed by atoms with van der Waals surface area (Å²) in [5, 5.41) is 0. The van der Waals surface area contributed by atoms with Crippen molar-refractivity contribution in [3.05, 3.63) is 0 Å². The number of carbonyl (C=O) groups is 2. The molecule has 80 valence electrons. The smallest absolute Gasteiger partial charge is 0.155 e. The molecule has 0 bridgehead atoms. The third-order valence-electron chi connectivity index (χ3n) is 2.37. The molecule has 0 saturated carbocycles. The highest BCUT2D eigenvalue weighted by Gasteiger charge is 2.06. The normalized spacial score (nSPS) is 26.0. The topological polar surface area (TPSA) is 34.1 Å². The first-order valence-electron chi connectivity index (χ1n) is 5.32. The van der Waals surface area contributed by atoms with Crippen molar-refractivity contribution in [3.63, 3.8) is 0 Å². The van der Waals surface area contributed by atoms with E-state index in [1.807, 2.05) is 0 Å². The van der Waals surface area contributed by atoms with Gasteiger partial charge in [-0.05, 0) is 27.3 Å². The van der Waals surface area contributed by atoms with Crippen LogP contribution in [-0.4, -0.2) is 17.5 Å². The van der Waals surface area contributed by atoms with Crippen molar-refractivity contribution in [2.24, 2.45) is 0 Å². The lowest BCUT2D eigenvalue weighted by molar-refractivity contribution is -0.118. The summed E-state index contributed by atoms with van der Waals surface area (Å²) in [6.45, 7) is 0. The molecule has 1 rings (SSSR count). The Hall–Kier alpha value is 0.200. The van der Waals surface area contributed by atoms with Gasteiger partial charge in [0, 0.05) is 19.3 Å². The molecule has 0 aromatic carbocycles. The van der Waals surface area contributed by atoms with Crippen LogP contribution in [0.2, 0.25) is 0 Å². The Labute approximate surface area is 89.1 Å². The van der Waals surface area contributed by atoms with Crippen LogP contribution in [0.15, 0.2) is 0 Å². The molecular formula is C10H18O2P2. The summed E-state index contributed by atoms with van der Waals surface area (Å²) in [6.07, 6.45) is 7.49. The van der Waals surface area contributed by atoms with Gasteiger partial charge in [-0.2, -0.15) is 0 Å². The second kappa shape index (κ2) is 7.49. The zero-order valence-corrected chi connectivity index (χ0v) is 10.5. The first-order valence-corrected chi connectivity index (χ1v) is 8.53. The van der Waals surface area contributed by atoms with Crippen LogP contribution < -0.4 is 0 Å². The Bertz CT molecular complexity index is 182. The predicted octanol–water partition coefficient (Wildman–Crippen LogP) is 3.10. The molecule has 1 saturated heterocycles. The fourth-order valence-corrected chi connectivity index (χ4v) is 4.26. The molecule has 0 amide bonds. The van der Waals surface area contributed by atoms with E-state index in [9.17, 15) is 9.59 Å². The first-order chi connectivity index (χ1) is 6.79.